The second-order valence-corrected chi connectivity index (χ2v) is 6.52. The molecular formula is C21H23N3O3. The first-order chi connectivity index (χ1) is 13.1. The highest BCUT2D eigenvalue weighted by Gasteiger charge is 2.22. The molecule has 0 aliphatic carbocycles. The average molecular weight is 365 g/mol. The SMILES string of the molecule is NC(CO)(CO)CCc1ccc(Oc2ccc(-c3ncccn3)cc2)cc1. The highest BCUT2D eigenvalue weighted by Crippen LogP contribution is 2.25. The number of aryl methyl sites for hydroxylation is 1. The maximum absolute atomic E-state index is 9.25. The lowest BCUT2D eigenvalue weighted by molar-refractivity contribution is 0.115. The first kappa shape index (κ1) is 19.0. The maximum Gasteiger partial charge on any atom is 0.159 e. The van der Waals surface area contributed by atoms with E-state index in [0.717, 1.165) is 22.6 Å². The van der Waals surface area contributed by atoms with Crippen LogP contribution in [0.25, 0.3) is 11.4 Å². The van der Waals surface area contributed by atoms with E-state index in [9.17, 15) is 10.2 Å². The van der Waals surface area contributed by atoms with E-state index in [1.165, 1.54) is 0 Å². The Kier molecular flexibility index (Phi) is 6.13. The maximum atomic E-state index is 9.25. The summed E-state index contributed by atoms with van der Waals surface area (Å²) in [6.07, 6.45) is 4.60. The van der Waals surface area contributed by atoms with Crippen LogP contribution < -0.4 is 10.5 Å². The second kappa shape index (κ2) is 8.73. The number of aromatic nitrogens is 2. The van der Waals surface area contributed by atoms with Crippen molar-refractivity contribution in [2.75, 3.05) is 13.2 Å². The quantitative estimate of drug-likeness (QED) is 0.567. The van der Waals surface area contributed by atoms with Gasteiger partial charge in [0.2, 0.25) is 0 Å². The summed E-state index contributed by atoms with van der Waals surface area (Å²) >= 11 is 0. The van der Waals surface area contributed by atoms with E-state index < -0.39 is 5.54 Å². The Labute approximate surface area is 158 Å². The molecule has 0 unspecified atom stereocenters. The van der Waals surface area contributed by atoms with Crippen molar-refractivity contribution < 1.29 is 14.9 Å². The number of ether oxygens (including phenoxy) is 1. The van der Waals surface area contributed by atoms with Crippen LogP contribution in [0.1, 0.15) is 12.0 Å². The lowest BCUT2D eigenvalue weighted by Crippen LogP contribution is -2.47. The Balaban J connectivity index is 1.60. The molecule has 6 nitrogen and oxygen atoms in total. The third kappa shape index (κ3) is 5.10. The smallest absolute Gasteiger partial charge is 0.159 e. The zero-order valence-corrected chi connectivity index (χ0v) is 15.0. The average Bonchev–Trinajstić information content (AvgIpc) is 2.74. The van der Waals surface area contributed by atoms with Crippen LogP contribution in [0.4, 0.5) is 0 Å². The summed E-state index contributed by atoms with van der Waals surface area (Å²) in [5, 5.41) is 18.5. The molecule has 140 valence electrons. The summed E-state index contributed by atoms with van der Waals surface area (Å²) in [7, 11) is 0. The molecule has 1 aromatic heterocycles. The van der Waals surface area contributed by atoms with Gasteiger partial charge in [-0.25, -0.2) is 9.97 Å². The van der Waals surface area contributed by atoms with Crippen molar-refractivity contribution in [3.63, 3.8) is 0 Å². The standard InChI is InChI=1S/C21H23N3O3/c22-21(14-25,15-26)11-10-16-2-6-18(7-3-16)27-19-8-4-17(5-9-19)20-23-12-1-13-24-20/h1-9,12-13,25-26H,10-11,14-15,22H2. The lowest BCUT2D eigenvalue weighted by atomic mass is 9.94. The van der Waals surface area contributed by atoms with Crippen LogP contribution in [0.3, 0.4) is 0 Å². The number of benzene rings is 2. The molecule has 0 atom stereocenters. The molecule has 4 N–H and O–H groups in total. The molecule has 27 heavy (non-hydrogen) atoms. The number of hydrogen-bond donors (Lipinski definition) is 3. The molecule has 1 heterocycles. The summed E-state index contributed by atoms with van der Waals surface area (Å²) in [5.41, 5.74) is 6.94. The molecule has 2 aromatic carbocycles. The molecule has 0 amide bonds. The van der Waals surface area contributed by atoms with Crippen LogP contribution in [0.5, 0.6) is 11.5 Å². The van der Waals surface area contributed by atoms with Crippen molar-refractivity contribution in [1.82, 2.24) is 9.97 Å². The van der Waals surface area contributed by atoms with E-state index in [4.69, 9.17) is 10.5 Å². The minimum atomic E-state index is -0.945. The normalized spacial score (nSPS) is 11.4. The molecule has 0 saturated carbocycles. The number of nitrogens with two attached hydrogens (primary N) is 1. The van der Waals surface area contributed by atoms with Crippen LogP contribution in [-0.2, 0) is 6.42 Å². The predicted molar refractivity (Wildman–Crippen MR) is 103 cm³/mol. The Morgan fingerprint density at radius 1 is 0.852 bits per heavy atom. The lowest BCUT2D eigenvalue weighted by Gasteiger charge is -2.24. The largest absolute Gasteiger partial charge is 0.457 e. The molecular weight excluding hydrogens is 342 g/mol. The van der Waals surface area contributed by atoms with Crippen molar-refractivity contribution >= 4 is 0 Å². The van der Waals surface area contributed by atoms with Gasteiger partial charge in [-0.05, 0) is 60.9 Å². The molecule has 3 rings (SSSR count). The summed E-state index contributed by atoms with van der Waals surface area (Å²) in [6, 6.07) is 17.1. The molecule has 0 bridgehead atoms. The molecule has 0 saturated heterocycles. The molecule has 0 aliphatic heterocycles. The van der Waals surface area contributed by atoms with Gasteiger partial charge in [-0.3, -0.25) is 0 Å². The van der Waals surface area contributed by atoms with Gasteiger partial charge in [0.05, 0.1) is 18.8 Å². The number of aliphatic hydroxyl groups excluding tert-OH is 2. The third-order valence-corrected chi connectivity index (χ3v) is 4.38. The van der Waals surface area contributed by atoms with Gasteiger partial charge >= 0.3 is 0 Å². The monoisotopic (exact) mass is 365 g/mol. The zero-order chi connectivity index (χ0) is 19.1. The van der Waals surface area contributed by atoms with Gasteiger partial charge in [0, 0.05) is 18.0 Å². The van der Waals surface area contributed by atoms with Crippen LogP contribution in [-0.4, -0.2) is 38.9 Å². The van der Waals surface area contributed by atoms with Crippen molar-refractivity contribution in [1.29, 1.82) is 0 Å². The van der Waals surface area contributed by atoms with Crippen molar-refractivity contribution in [2.45, 2.75) is 18.4 Å². The molecule has 0 fully saturated rings. The molecule has 0 radical (unpaired) electrons. The zero-order valence-electron chi connectivity index (χ0n) is 15.0. The molecule has 3 aromatic rings. The fraction of sp³-hybridized carbons (Fsp3) is 0.238. The first-order valence-corrected chi connectivity index (χ1v) is 8.77. The van der Waals surface area contributed by atoms with E-state index in [1.807, 2.05) is 48.5 Å². The van der Waals surface area contributed by atoms with E-state index in [0.29, 0.717) is 18.7 Å². The van der Waals surface area contributed by atoms with Crippen molar-refractivity contribution in [2.24, 2.45) is 5.73 Å². The molecule has 6 heteroatoms. The van der Waals surface area contributed by atoms with E-state index >= 15 is 0 Å². The predicted octanol–water partition coefficient (Wildman–Crippen LogP) is 2.55. The fourth-order valence-electron chi connectivity index (χ4n) is 2.58. The highest BCUT2D eigenvalue weighted by molar-refractivity contribution is 5.56. The fourth-order valence-corrected chi connectivity index (χ4v) is 2.58. The van der Waals surface area contributed by atoms with Gasteiger partial charge in [0.1, 0.15) is 11.5 Å². The van der Waals surface area contributed by atoms with Gasteiger partial charge in [-0.2, -0.15) is 0 Å². The van der Waals surface area contributed by atoms with Gasteiger partial charge in [-0.15, -0.1) is 0 Å². The van der Waals surface area contributed by atoms with E-state index in [-0.39, 0.29) is 13.2 Å². The summed E-state index contributed by atoms with van der Waals surface area (Å²) in [6.45, 7) is -0.483. The minimum absolute atomic E-state index is 0.241. The summed E-state index contributed by atoms with van der Waals surface area (Å²) < 4.78 is 5.87. The van der Waals surface area contributed by atoms with Gasteiger partial charge < -0.3 is 20.7 Å². The number of nitrogens with zero attached hydrogens (tertiary/aromatic N) is 2. The van der Waals surface area contributed by atoms with Crippen LogP contribution in [0.15, 0.2) is 67.0 Å². The molecule has 0 aliphatic rings. The van der Waals surface area contributed by atoms with Crippen molar-refractivity contribution in [3.05, 3.63) is 72.6 Å². The van der Waals surface area contributed by atoms with E-state index in [1.54, 1.807) is 18.5 Å². The highest BCUT2D eigenvalue weighted by atomic mass is 16.5. The first-order valence-electron chi connectivity index (χ1n) is 8.77. The van der Waals surface area contributed by atoms with Crippen LogP contribution in [0.2, 0.25) is 0 Å². The Hall–Kier alpha value is -2.80. The number of rotatable bonds is 8. The minimum Gasteiger partial charge on any atom is -0.457 e. The van der Waals surface area contributed by atoms with Crippen LogP contribution in [0, 0.1) is 0 Å². The summed E-state index contributed by atoms with van der Waals surface area (Å²) in [4.78, 5) is 8.45. The number of hydrogen-bond acceptors (Lipinski definition) is 6. The Bertz CT molecular complexity index is 833. The van der Waals surface area contributed by atoms with Gasteiger partial charge in [0.15, 0.2) is 5.82 Å². The summed E-state index contributed by atoms with van der Waals surface area (Å²) in [5.74, 6) is 2.13. The Morgan fingerprint density at radius 3 is 1.96 bits per heavy atom. The topological polar surface area (TPSA) is 101 Å². The number of aliphatic hydroxyl groups is 2. The third-order valence-electron chi connectivity index (χ3n) is 4.38. The molecule has 0 spiro atoms. The Morgan fingerprint density at radius 2 is 1.41 bits per heavy atom. The van der Waals surface area contributed by atoms with Gasteiger partial charge in [-0.1, -0.05) is 12.1 Å². The van der Waals surface area contributed by atoms with Gasteiger partial charge in [0.25, 0.3) is 0 Å². The second-order valence-electron chi connectivity index (χ2n) is 6.52. The van der Waals surface area contributed by atoms with Crippen molar-refractivity contribution in [3.8, 4) is 22.9 Å². The van der Waals surface area contributed by atoms with E-state index in [2.05, 4.69) is 9.97 Å². The van der Waals surface area contributed by atoms with Crippen LogP contribution >= 0.6 is 0 Å².